The molecule has 0 radical (unpaired) electrons. The van der Waals surface area contributed by atoms with E-state index in [1.807, 2.05) is 41.6 Å². The second-order valence-corrected chi connectivity index (χ2v) is 7.59. The summed E-state index contributed by atoms with van der Waals surface area (Å²) in [5.74, 6) is 0.00999. The van der Waals surface area contributed by atoms with E-state index >= 15 is 0 Å². The van der Waals surface area contributed by atoms with Gasteiger partial charge in [-0.05, 0) is 37.5 Å². The van der Waals surface area contributed by atoms with Crippen LogP contribution in [-0.4, -0.2) is 44.2 Å². The lowest BCUT2D eigenvalue weighted by molar-refractivity contribution is -0.0248. The van der Waals surface area contributed by atoms with Crippen LogP contribution in [-0.2, 0) is 5.60 Å². The van der Waals surface area contributed by atoms with Crippen molar-refractivity contribution in [2.45, 2.75) is 25.4 Å². The van der Waals surface area contributed by atoms with Crippen LogP contribution in [0.2, 0.25) is 0 Å². The highest BCUT2D eigenvalue weighted by Crippen LogP contribution is 2.34. The van der Waals surface area contributed by atoms with Gasteiger partial charge >= 0.3 is 0 Å². The van der Waals surface area contributed by atoms with E-state index in [2.05, 4.69) is 15.2 Å². The van der Waals surface area contributed by atoms with E-state index in [9.17, 15) is 9.90 Å². The Morgan fingerprint density at radius 1 is 1.38 bits per heavy atom. The third kappa shape index (κ3) is 3.04. The van der Waals surface area contributed by atoms with Gasteiger partial charge in [0.05, 0.1) is 17.5 Å². The summed E-state index contributed by atoms with van der Waals surface area (Å²) >= 11 is 1.53. The van der Waals surface area contributed by atoms with Gasteiger partial charge in [-0.2, -0.15) is 5.10 Å². The van der Waals surface area contributed by atoms with Crippen LogP contribution in [0.3, 0.4) is 0 Å². The van der Waals surface area contributed by atoms with Gasteiger partial charge in [-0.1, -0.05) is 6.07 Å². The quantitative estimate of drug-likeness (QED) is 0.745. The van der Waals surface area contributed by atoms with Crippen LogP contribution in [0.15, 0.2) is 42.2 Å². The first-order valence-electron chi connectivity index (χ1n) is 8.58. The van der Waals surface area contributed by atoms with Gasteiger partial charge in [-0.3, -0.25) is 14.9 Å². The highest BCUT2D eigenvalue weighted by atomic mass is 32.1. The van der Waals surface area contributed by atoms with Crippen LogP contribution < -0.4 is 0 Å². The molecule has 1 fully saturated rings. The Balaban J connectivity index is 1.46. The Bertz CT molecular complexity index is 911. The van der Waals surface area contributed by atoms with E-state index in [-0.39, 0.29) is 5.91 Å². The number of aryl methyl sites for hydroxylation is 1. The first kappa shape index (κ1) is 16.9. The van der Waals surface area contributed by atoms with Crippen LogP contribution in [0.25, 0.3) is 10.4 Å². The van der Waals surface area contributed by atoms with Crippen molar-refractivity contribution in [3.8, 4) is 10.4 Å². The van der Waals surface area contributed by atoms with E-state index < -0.39 is 5.60 Å². The Hall–Kier alpha value is -2.51. The van der Waals surface area contributed by atoms with Crippen molar-refractivity contribution in [1.29, 1.82) is 0 Å². The summed E-state index contributed by atoms with van der Waals surface area (Å²) in [6.07, 6.45) is 6.26. The number of H-pyrrole nitrogens is 1. The van der Waals surface area contributed by atoms with Gasteiger partial charge < -0.3 is 10.0 Å². The molecular weight excluding hydrogens is 348 g/mol. The maximum Gasteiger partial charge on any atom is 0.254 e. The fourth-order valence-corrected chi connectivity index (χ4v) is 4.32. The van der Waals surface area contributed by atoms with Gasteiger partial charge in [0, 0.05) is 41.3 Å². The minimum Gasteiger partial charge on any atom is -0.383 e. The van der Waals surface area contributed by atoms with E-state index in [0.717, 1.165) is 21.7 Å². The average Bonchev–Trinajstić information content (AvgIpc) is 3.33. The van der Waals surface area contributed by atoms with E-state index in [1.54, 1.807) is 12.4 Å². The van der Waals surface area contributed by atoms with Gasteiger partial charge in [0.25, 0.3) is 5.91 Å². The molecule has 3 aromatic rings. The zero-order valence-electron chi connectivity index (χ0n) is 14.5. The number of carbonyl (C=O) groups is 1. The molecule has 4 heterocycles. The van der Waals surface area contributed by atoms with Gasteiger partial charge in [0.1, 0.15) is 5.60 Å². The average molecular weight is 368 g/mol. The number of aromatic nitrogens is 3. The lowest BCUT2D eigenvalue weighted by atomic mass is 9.85. The number of hydrogen-bond acceptors (Lipinski definition) is 5. The molecule has 4 rings (SSSR count). The lowest BCUT2D eigenvalue weighted by Gasteiger charge is -2.38. The highest BCUT2D eigenvalue weighted by Gasteiger charge is 2.37. The van der Waals surface area contributed by atoms with Crippen molar-refractivity contribution in [3.63, 3.8) is 0 Å². The van der Waals surface area contributed by atoms with Crippen LogP contribution >= 0.6 is 11.3 Å². The number of hydrogen-bond donors (Lipinski definition) is 2. The molecule has 1 aliphatic rings. The number of amides is 1. The number of thiophene rings is 1. The summed E-state index contributed by atoms with van der Waals surface area (Å²) in [5, 5.41) is 19.6. The van der Waals surface area contributed by atoms with Gasteiger partial charge in [-0.25, -0.2) is 0 Å². The minimum absolute atomic E-state index is 0.00999. The summed E-state index contributed by atoms with van der Waals surface area (Å²) in [4.78, 5) is 20.0. The van der Waals surface area contributed by atoms with Crippen molar-refractivity contribution in [3.05, 3.63) is 59.0 Å². The van der Waals surface area contributed by atoms with Crippen LogP contribution in [0.4, 0.5) is 0 Å². The molecule has 0 atom stereocenters. The highest BCUT2D eigenvalue weighted by molar-refractivity contribution is 7.13. The Morgan fingerprint density at radius 2 is 2.19 bits per heavy atom. The third-order valence-corrected chi connectivity index (χ3v) is 5.94. The molecule has 0 saturated carbocycles. The molecule has 0 aliphatic carbocycles. The normalized spacial score (nSPS) is 16.6. The Labute approximate surface area is 155 Å². The van der Waals surface area contributed by atoms with E-state index in [0.29, 0.717) is 31.5 Å². The summed E-state index contributed by atoms with van der Waals surface area (Å²) in [6.45, 7) is 2.99. The van der Waals surface area contributed by atoms with E-state index in [1.165, 1.54) is 11.3 Å². The van der Waals surface area contributed by atoms with Crippen LogP contribution in [0.1, 0.15) is 34.5 Å². The first-order valence-corrected chi connectivity index (χ1v) is 9.46. The Kier molecular flexibility index (Phi) is 4.34. The molecule has 2 N–H and O–H groups in total. The Morgan fingerprint density at radius 3 is 2.88 bits per heavy atom. The molecule has 7 heteroatoms. The molecule has 134 valence electrons. The van der Waals surface area contributed by atoms with Gasteiger partial charge in [0.15, 0.2) is 0 Å². The molecule has 0 aromatic carbocycles. The maximum atomic E-state index is 12.8. The second-order valence-electron chi connectivity index (χ2n) is 6.68. The summed E-state index contributed by atoms with van der Waals surface area (Å²) < 4.78 is 0. The maximum absolute atomic E-state index is 12.8. The number of aromatic amines is 1. The SMILES string of the molecule is Cc1cccnc1C1(O)CCN(C(=O)c2csc(-c3cn[nH]c3)c2)CC1. The molecule has 6 nitrogen and oxygen atoms in total. The van der Waals surface area contributed by atoms with Crippen molar-refractivity contribution in [1.82, 2.24) is 20.1 Å². The summed E-state index contributed by atoms with van der Waals surface area (Å²) in [7, 11) is 0. The topological polar surface area (TPSA) is 82.1 Å². The van der Waals surface area contributed by atoms with Crippen LogP contribution in [0, 0.1) is 6.92 Å². The molecule has 1 saturated heterocycles. The standard InChI is InChI=1S/C19H20N4O2S/c1-13-3-2-6-20-17(13)19(25)4-7-23(8-5-19)18(24)14-9-16(26-12-14)15-10-21-22-11-15/h2-3,6,9-12,25H,4-5,7-8H2,1H3,(H,21,22). The number of nitrogens with one attached hydrogen (secondary N) is 1. The van der Waals surface area contributed by atoms with Crippen molar-refractivity contribution in [2.24, 2.45) is 0 Å². The largest absolute Gasteiger partial charge is 0.383 e. The van der Waals surface area contributed by atoms with E-state index in [4.69, 9.17) is 0 Å². The first-order chi connectivity index (χ1) is 12.6. The number of nitrogens with zero attached hydrogens (tertiary/aromatic N) is 3. The monoisotopic (exact) mass is 368 g/mol. The van der Waals surface area contributed by atoms with Crippen molar-refractivity contribution >= 4 is 17.2 Å². The summed E-state index contributed by atoms with van der Waals surface area (Å²) in [6, 6.07) is 5.73. The molecule has 0 spiro atoms. The predicted molar refractivity (Wildman–Crippen MR) is 99.9 cm³/mol. The number of piperidine rings is 1. The molecular formula is C19H20N4O2S. The molecule has 0 bridgehead atoms. The fourth-order valence-electron chi connectivity index (χ4n) is 3.46. The molecule has 0 unspecified atom stereocenters. The van der Waals surface area contributed by atoms with Gasteiger partial charge in [-0.15, -0.1) is 11.3 Å². The summed E-state index contributed by atoms with van der Waals surface area (Å²) in [5.41, 5.74) is 2.42. The third-order valence-electron chi connectivity index (χ3n) is 4.96. The number of carbonyl (C=O) groups excluding carboxylic acids is 1. The number of pyridine rings is 1. The number of aliphatic hydroxyl groups is 1. The van der Waals surface area contributed by atoms with Crippen molar-refractivity contribution in [2.75, 3.05) is 13.1 Å². The lowest BCUT2D eigenvalue weighted by Crippen LogP contribution is -2.45. The predicted octanol–water partition coefficient (Wildman–Crippen LogP) is 2.97. The fraction of sp³-hybridized carbons (Fsp3) is 0.316. The molecule has 26 heavy (non-hydrogen) atoms. The molecule has 1 aliphatic heterocycles. The number of rotatable bonds is 3. The smallest absolute Gasteiger partial charge is 0.254 e. The molecule has 3 aromatic heterocycles. The minimum atomic E-state index is -0.960. The zero-order valence-corrected chi connectivity index (χ0v) is 15.3. The molecule has 1 amide bonds. The van der Waals surface area contributed by atoms with Crippen molar-refractivity contribution < 1.29 is 9.90 Å². The zero-order chi connectivity index (χ0) is 18.1. The van der Waals surface area contributed by atoms with Crippen LogP contribution in [0.5, 0.6) is 0 Å². The number of likely N-dealkylation sites (tertiary alicyclic amines) is 1. The second kappa shape index (κ2) is 6.66. The van der Waals surface area contributed by atoms with Gasteiger partial charge in [0.2, 0.25) is 0 Å².